The highest BCUT2D eigenvalue weighted by Crippen LogP contribution is 2.59. The van der Waals surface area contributed by atoms with Gasteiger partial charge in [0.1, 0.15) is 0 Å². The van der Waals surface area contributed by atoms with E-state index >= 15 is 0 Å². The predicted octanol–water partition coefficient (Wildman–Crippen LogP) is 14.7. The van der Waals surface area contributed by atoms with E-state index in [1.54, 1.807) is 0 Å². The van der Waals surface area contributed by atoms with Crippen molar-refractivity contribution in [3.8, 4) is 11.1 Å². The summed E-state index contributed by atoms with van der Waals surface area (Å²) >= 11 is 0. The van der Waals surface area contributed by atoms with Gasteiger partial charge in [-0.15, -0.1) is 0 Å². The molecule has 0 aromatic heterocycles. The summed E-state index contributed by atoms with van der Waals surface area (Å²) in [5.74, 6) is 1.01. The summed E-state index contributed by atoms with van der Waals surface area (Å²) < 4.78 is 0. The smallest absolute Gasteiger partial charge is 0.0596 e. The van der Waals surface area contributed by atoms with Gasteiger partial charge in [-0.3, -0.25) is 0 Å². The van der Waals surface area contributed by atoms with Crippen molar-refractivity contribution in [3.05, 3.63) is 228 Å². The van der Waals surface area contributed by atoms with Crippen LogP contribution >= 0.6 is 0 Å². The molecular formula is C58H48N2. The van der Waals surface area contributed by atoms with Crippen LogP contribution in [0.5, 0.6) is 0 Å². The second-order valence-corrected chi connectivity index (χ2v) is 18.5. The first-order valence-electron chi connectivity index (χ1n) is 21.7. The minimum absolute atomic E-state index is 0.0312. The number of nitrogens with zero attached hydrogens (tertiary/aromatic N) is 2. The standard InChI is InChI=1S/C58H48N2/c1-57(2)48-22-11-12-25-53(48)60-54-32-30-41(35-51(54)58(3,4)50-24-14-23-49(57)56(50)60)38-27-28-40-34-43(31-29-39(40)33-38)59(52-26-13-17-37-15-5-8-19-45(37)52)55-36-42-16-6-7-18-44(42)46-20-9-10-21-47(46)55/h5-36,44,46,48,53H,1-4H3. The zero-order chi connectivity index (χ0) is 40.3. The summed E-state index contributed by atoms with van der Waals surface area (Å²) in [5, 5.41) is 4.94. The molecule has 290 valence electrons. The number of anilines is 4. The second-order valence-electron chi connectivity index (χ2n) is 18.5. The Balaban J connectivity index is 0.975. The number of hydrogen-bond donors (Lipinski definition) is 0. The van der Waals surface area contributed by atoms with E-state index < -0.39 is 0 Å². The number of para-hydroxylation sites is 1. The fourth-order valence-corrected chi connectivity index (χ4v) is 11.5. The largest absolute Gasteiger partial charge is 0.333 e. The Hall–Kier alpha value is -6.64. The predicted molar refractivity (Wildman–Crippen MR) is 253 cm³/mol. The molecule has 0 spiro atoms. The number of hydrogen-bond acceptors (Lipinski definition) is 2. The number of fused-ring (bicyclic) bond motifs is 9. The molecule has 4 atom stereocenters. The van der Waals surface area contributed by atoms with Crippen LogP contribution in [0.2, 0.25) is 0 Å². The Bertz CT molecular complexity index is 3080. The summed E-state index contributed by atoms with van der Waals surface area (Å²) in [4.78, 5) is 5.17. The van der Waals surface area contributed by atoms with Crippen molar-refractivity contribution in [2.75, 3.05) is 9.80 Å². The van der Waals surface area contributed by atoms with Crippen LogP contribution in [-0.4, -0.2) is 6.04 Å². The topological polar surface area (TPSA) is 6.48 Å². The number of rotatable bonds is 4. The van der Waals surface area contributed by atoms with Crippen molar-refractivity contribution in [3.63, 3.8) is 0 Å². The molecule has 4 aliphatic carbocycles. The highest BCUT2D eigenvalue weighted by molar-refractivity contribution is 5.99. The molecular weight excluding hydrogens is 725 g/mol. The van der Waals surface area contributed by atoms with Crippen molar-refractivity contribution >= 4 is 44.3 Å². The van der Waals surface area contributed by atoms with Gasteiger partial charge in [-0.1, -0.05) is 179 Å². The van der Waals surface area contributed by atoms with Gasteiger partial charge in [0.2, 0.25) is 0 Å². The molecule has 0 saturated carbocycles. The van der Waals surface area contributed by atoms with Gasteiger partial charge in [0.25, 0.3) is 0 Å². The lowest BCUT2D eigenvalue weighted by Crippen LogP contribution is -2.52. The molecule has 0 N–H and O–H groups in total. The molecule has 0 saturated heterocycles. The van der Waals surface area contributed by atoms with Gasteiger partial charge in [-0.05, 0) is 97.6 Å². The normalized spacial score (nSPS) is 23.2. The molecule has 6 aromatic rings. The molecule has 0 amide bonds. The molecule has 0 bridgehead atoms. The lowest BCUT2D eigenvalue weighted by molar-refractivity contribution is 0.328. The summed E-state index contributed by atoms with van der Waals surface area (Å²) in [6.45, 7) is 9.71. The molecule has 4 unspecified atom stereocenters. The summed E-state index contributed by atoms with van der Waals surface area (Å²) in [6.07, 6.45) is 29.9. The second kappa shape index (κ2) is 12.9. The first-order chi connectivity index (χ1) is 29.3. The van der Waals surface area contributed by atoms with Crippen molar-refractivity contribution < 1.29 is 0 Å². The van der Waals surface area contributed by atoms with Crippen LogP contribution in [0.4, 0.5) is 22.7 Å². The van der Waals surface area contributed by atoms with Crippen LogP contribution in [-0.2, 0) is 10.8 Å². The third kappa shape index (κ3) is 5.07. The summed E-state index contributed by atoms with van der Waals surface area (Å²) in [7, 11) is 0. The molecule has 0 fully saturated rings. The lowest BCUT2D eigenvalue weighted by atomic mass is 9.61. The van der Waals surface area contributed by atoms with Crippen molar-refractivity contribution in [2.24, 2.45) is 17.8 Å². The van der Waals surface area contributed by atoms with Gasteiger partial charge < -0.3 is 9.80 Å². The highest BCUT2D eigenvalue weighted by Gasteiger charge is 2.50. The van der Waals surface area contributed by atoms with Gasteiger partial charge in [0, 0.05) is 51.0 Å². The average molecular weight is 773 g/mol. The van der Waals surface area contributed by atoms with E-state index in [1.807, 2.05) is 0 Å². The lowest BCUT2D eigenvalue weighted by Gasteiger charge is -2.55. The van der Waals surface area contributed by atoms with Gasteiger partial charge in [-0.25, -0.2) is 0 Å². The molecule has 60 heavy (non-hydrogen) atoms. The molecule has 6 aromatic carbocycles. The third-order valence-corrected chi connectivity index (χ3v) is 14.6. The summed E-state index contributed by atoms with van der Waals surface area (Å²) in [5.41, 5.74) is 15.6. The van der Waals surface area contributed by atoms with Crippen LogP contribution in [0.3, 0.4) is 0 Å². The molecule has 2 aliphatic heterocycles. The minimum atomic E-state index is -0.155. The van der Waals surface area contributed by atoms with Crippen LogP contribution in [0.15, 0.2) is 211 Å². The minimum Gasteiger partial charge on any atom is -0.333 e. The Morgan fingerprint density at radius 1 is 0.550 bits per heavy atom. The molecule has 12 rings (SSSR count). The zero-order valence-corrected chi connectivity index (χ0v) is 34.7. The van der Waals surface area contributed by atoms with Crippen LogP contribution in [0, 0.1) is 17.8 Å². The van der Waals surface area contributed by atoms with E-state index in [0.717, 1.165) is 5.69 Å². The maximum absolute atomic E-state index is 2.66. The van der Waals surface area contributed by atoms with E-state index in [0.29, 0.717) is 11.8 Å². The Labute approximate surface area is 353 Å². The Kier molecular flexibility index (Phi) is 7.61. The maximum atomic E-state index is 2.66. The van der Waals surface area contributed by atoms with E-state index in [1.165, 1.54) is 83.3 Å². The average Bonchev–Trinajstić information content (AvgIpc) is 3.29. The first-order valence-corrected chi connectivity index (χ1v) is 21.7. The van der Waals surface area contributed by atoms with Gasteiger partial charge in [0.15, 0.2) is 0 Å². The summed E-state index contributed by atoms with van der Waals surface area (Å²) in [6, 6.07) is 44.1. The van der Waals surface area contributed by atoms with Crippen LogP contribution in [0.1, 0.15) is 44.4 Å². The van der Waals surface area contributed by atoms with Crippen molar-refractivity contribution in [1.82, 2.24) is 0 Å². The molecule has 2 heterocycles. The van der Waals surface area contributed by atoms with Crippen LogP contribution < -0.4 is 9.80 Å². The van der Waals surface area contributed by atoms with Gasteiger partial charge >= 0.3 is 0 Å². The first kappa shape index (κ1) is 35.3. The number of benzene rings is 6. The highest BCUT2D eigenvalue weighted by atomic mass is 15.2. The number of allylic oxidation sites excluding steroid dienone is 13. The quantitative estimate of drug-likeness (QED) is 0.176. The van der Waals surface area contributed by atoms with Crippen molar-refractivity contribution in [1.29, 1.82) is 0 Å². The monoisotopic (exact) mass is 772 g/mol. The Morgan fingerprint density at radius 3 is 2.18 bits per heavy atom. The fourth-order valence-electron chi connectivity index (χ4n) is 11.5. The maximum Gasteiger partial charge on any atom is 0.0596 e. The van der Waals surface area contributed by atoms with E-state index in [2.05, 4.69) is 232 Å². The molecule has 6 aliphatic rings. The molecule has 2 heteroatoms. The zero-order valence-electron chi connectivity index (χ0n) is 34.7. The molecule has 0 radical (unpaired) electrons. The van der Waals surface area contributed by atoms with E-state index in [-0.39, 0.29) is 22.8 Å². The van der Waals surface area contributed by atoms with Crippen molar-refractivity contribution in [2.45, 2.75) is 44.6 Å². The third-order valence-electron chi connectivity index (χ3n) is 14.6. The van der Waals surface area contributed by atoms with Gasteiger partial charge in [0.05, 0.1) is 17.4 Å². The van der Waals surface area contributed by atoms with Gasteiger partial charge in [-0.2, -0.15) is 0 Å². The fraction of sp³-hybridized carbons (Fsp3) is 0.172. The SMILES string of the molecule is CC1(C)c2cc(-c3ccc4cc(N(C5=C6C=CC=CC6C6C=CC=CC6=C5)c5cccc6ccccc56)ccc4c3)ccc2N2c3c1cccc3C(C)(C)C1C=CC=CC12. The van der Waals surface area contributed by atoms with Crippen LogP contribution in [0.25, 0.3) is 32.7 Å². The Morgan fingerprint density at radius 2 is 1.27 bits per heavy atom. The van der Waals surface area contributed by atoms with E-state index in [9.17, 15) is 0 Å². The molecule has 2 nitrogen and oxygen atoms in total. The van der Waals surface area contributed by atoms with E-state index in [4.69, 9.17) is 0 Å².